The van der Waals surface area contributed by atoms with E-state index in [4.69, 9.17) is 37.4 Å². The molecule has 5 aromatic carbocycles. The quantitative estimate of drug-likeness (QED) is 0.0629. The van der Waals surface area contributed by atoms with Crippen molar-refractivity contribution in [2.45, 2.75) is 25.2 Å². The third-order valence-electron chi connectivity index (χ3n) is 10.8. The molecule has 16 nitrogen and oxygen atoms in total. The van der Waals surface area contributed by atoms with Gasteiger partial charge in [0.2, 0.25) is 0 Å². The lowest BCUT2D eigenvalue weighted by Gasteiger charge is -2.24. The van der Waals surface area contributed by atoms with Crippen LogP contribution in [0.3, 0.4) is 0 Å². The summed E-state index contributed by atoms with van der Waals surface area (Å²) in [6, 6.07) is 40.1. The first-order valence-corrected chi connectivity index (χ1v) is 23.3. The zero-order valence-corrected chi connectivity index (χ0v) is 39.5. The molecule has 0 bridgehead atoms. The molecule has 9 N–H and O–H groups in total. The van der Waals surface area contributed by atoms with E-state index in [-0.39, 0.29) is 36.4 Å². The third kappa shape index (κ3) is 16.8. The molecular formula is C51H56Cl2N10O6. The van der Waals surface area contributed by atoms with Crippen molar-refractivity contribution in [1.82, 2.24) is 20.9 Å². The summed E-state index contributed by atoms with van der Waals surface area (Å²) in [5.74, 6) is 0. The molecule has 18 heteroatoms. The molecule has 6 aromatic rings. The van der Waals surface area contributed by atoms with Crippen molar-refractivity contribution in [3.8, 4) is 0 Å². The van der Waals surface area contributed by atoms with Crippen LogP contribution in [0.1, 0.15) is 40.6 Å². The second-order valence-electron chi connectivity index (χ2n) is 16.0. The number of morpholine rings is 3. The highest BCUT2D eigenvalue weighted by Crippen LogP contribution is 2.24. The highest BCUT2D eigenvalue weighted by molar-refractivity contribution is 6.31. The highest BCUT2D eigenvalue weighted by Gasteiger charge is 2.18. The van der Waals surface area contributed by atoms with E-state index in [1.54, 1.807) is 36.4 Å². The fourth-order valence-corrected chi connectivity index (χ4v) is 7.52. The van der Waals surface area contributed by atoms with Gasteiger partial charge in [-0.2, -0.15) is 0 Å². The summed E-state index contributed by atoms with van der Waals surface area (Å²) >= 11 is 11.6. The van der Waals surface area contributed by atoms with Crippen LogP contribution in [0.5, 0.6) is 0 Å². The standard InChI is InChI=1S/C18H21N3O2.C17H18ClN3O2.C16H17ClN4O2/c1-13-2-6-15(7-3-13)20-18(22)21-16-8-4-14(5-9-16)17-12-19-10-11-23-17;18-13-2-1-3-15(10-13)21-17(22)20-14-6-4-12(5-7-14)16-11-19-8-9-23-16;17-15-6-5-13(9-19-15)21-16(22)20-12-3-1-11(2-4-12)14-10-18-7-8-23-14/h2-9,17,19H,10-12H2,1H3,(H2,20,21,22);1-7,10,16,19H,8-9,11H2,(H2,20,21,22);1-6,9,14,18H,7-8,10H2,(H2,20,21,22). The normalized spacial score (nSPS) is 17.5. The molecule has 3 fully saturated rings. The first kappa shape index (κ1) is 50.3. The number of hydrogen-bond acceptors (Lipinski definition) is 10. The number of carbonyl (C=O) groups is 3. The molecule has 6 amide bonds. The average molecular weight is 976 g/mol. The molecule has 3 unspecified atom stereocenters. The smallest absolute Gasteiger partial charge is 0.323 e. The summed E-state index contributed by atoms with van der Waals surface area (Å²) in [6.45, 7) is 9.26. The van der Waals surface area contributed by atoms with Crippen molar-refractivity contribution < 1.29 is 28.6 Å². The lowest BCUT2D eigenvalue weighted by Crippen LogP contribution is -2.33. The van der Waals surface area contributed by atoms with Crippen LogP contribution in [0.15, 0.2) is 140 Å². The van der Waals surface area contributed by atoms with E-state index in [1.807, 2.05) is 104 Å². The number of halogens is 2. The maximum Gasteiger partial charge on any atom is 0.323 e. The average Bonchev–Trinajstić information content (AvgIpc) is 3.37. The van der Waals surface area contributed by atoms with Gasteiger partial charge in [-0.3, -0.25) is 0 Å². The van der Waals surface area contributed by atoms with Crippen LogP contribution >= 0.6 is 23.2 Å². The Hall–Kier alpha value is -6.60. The van der Waals surface area contributed by atoms with Crippen LogP contribution < -0.4 is 47.9 Å². The maximum absolute atomic E-state index is 12.0. The Morgan fingerprint density at radius 1 is 0.478 bits per heavy atom. The number of nitrogens with zero attached hydrogens (tertiary/aromatic N) is 1. The van der Waals surface area contributed by atoms with Crippen molar-refractivity contribution in [3.63, 3.8) is 0 Å². The molecule has 3 aliphatic heterocycles. The summed E-state index contributed by atoms with van der Waals surface area (Å²) in [4.78, 5) is 39.8. The summed E-state index contributed by atoms with van der Waals surface area (Å²) in [5, 5.41) is 27.5. The van der Waals surface area contributed by atoms with Gasteiger partial charge >= 0.3 is 18.1 Å². The Balaban J connectivity index is 0.000000153. The minimum Gasteiger partial charge on any atom is -0.371 e. The van der Waals surface area contributed by atoms with Gasteiger partial charge in [0.15, 0.2) is 0 Å². The molecule has 0 aliphatic carbocycles. The Bertz CT molecular complexity index is 2420. The van der Waals surface area contributed by atoms with Crippen molar-refractivity contribution in [2.24, 2.45) is 0 Å². The number of aromatic nitrogens is 1. The van der Waals surface area contributed by atoms with E-state index >= 15 is 0 Å². The zero-order valence-electron chi connectivity index (χ0n) is 38.0. The molecule has 0 spiro atoms. The van der Waals surface area contributed by atoms with Crippen molar-refractivity contribution in [3.05, 3.63) is 172 Å². The minimum atomic E-state index is -0.336. The van der Waals surface area contributed by atoms with Gasteiger partial charge in [0.25, 0.3) is 0 Å². The number of nitrogens with one attached hydrogen (secondary N) is 9. The predicted octanol–water partition coefficient (Wildman–Crippen LogP) is 9.98. The molecule has 69 heavy (non-hydrogen) atoms. The summed E-state index contributed by atoms with van der Waals surface area (Å²) in [5.41, 5.74) is 8.62. The van der Waals surface area contributed by atoms with Gasteiger partial charge < -0.3 is 62.1 Å². The van der Waals surface area contributed by atoms with E-state index in [2.05, 4.69) is 52.8 Å². The van der Waals surface area contributed by atoms with E-state index < -0.39 is 0 Å². The number of hydrogen-bond donors (Lipinski definition) is 9. The third-order valence-corrected chi connectivity index (χ3v) is 11.2. The van der Waals surface area contributed by atoms with Crippen LogP contribution in [0.4, 0.5) is 48.5 Å². The first-order valence-electron chi connectivity index (χ1n) is 22.6. The molecule has 1 aromatic heterocycles. The van der Waals surface area contributed by atoms with Crippen molar-refractivity contribution in [2.75, 3.05) is 91.0 Å². The Labute approximate surface area is 411 Å². The Morgan fingerprint density at radius 2 is 0.841 bits per heavy atom. The number of benzene rings is 5. The lowest BCUT2D eigenvalue weighted by molar-refractivity contribution is 0.0276. The van der Waals surface area contributed by atoms with Crippen LogP contribution in [-0.2, 0) is 14.2 Å². The number of pyridine rings is 1. The molecule has 4 heterocycles. The number of anilines is 6. The van der Waals surface area contributed by atoms with Crippen LogP contribution in [0.25, 0.3) is 0 Å². The van der Waals surface area contributed by atoms with Gasteiger partial charge in [0, 0.05) is 72.7 Å². The monoisotopic (exact) mass is 974 g/mol. The van der Waals surface area contributed by atoms with Gasteiger partial charge in [0.05, 0.1) is 50.0 Å². The van der Waals surface area contributed by atoms with Gasteiger partial charge in [-0.15, -0.1) is 0 Å². The molecule has 9 rings (SSSR count). The van der Waals surface area contributed by atoms with E-state index in [1.165, 1.54) is 6.20 Å². The predicted molar refractivity (Wildman–Crippen MR) is 274 cm³/mol. The largest absolute Gasteiger partial charge is 0.371 e. The van der Waals surface area contributed by atoms with E-state index in [9.17, 15) is 14.4 Å². The van der Waals surface area contributed by atoms with Crippen LogP contribution in [0.2, 0.25) is 10.2 Å². The molecule has 0 radical (unpaired) electrons. The topological polar surface area (TPSA) is 200 Å². The van der Waals surface area contributed by atoms with Gasteiger partial charge in [-0.25, -0.2) is 19.4 Å². The SMILES string of the molecule is Cc1ccc(NC(=O)Nc2ccc(C3CNCCO3)cc2)cc1.O=C(Nc1ccc(C2CNCCO2)cc1)Nc1ccc(Cl)nc1.O=C(Nc1ccc(C2CNCCO2)cc1)Nc1cccc(Cl)c1. The minimum absolute atomic E-state index is 0.0618. The van der Waals surface area contributed by atoms with Gasteiger partial charge in [-0.05, 0) is 102 Å². The summed E-state index contributed by atoms with van der Waals surface area (Å²) in [7, 11) is 0. The van der Waals surface area contributed by atoms with E-state index in [0.29, 0.717) is 40.5 Å². The van der Waals surface area contributed by atoms with Crippen LogP contribution in [-0.4, -0.2) is 82.2 Å². The van der Waals surface area contributed by atoms with Crippen LogP contribution in [0, 0.1) is 6.92 Å². The Morgan fingerprint density at radius 3 is 1.19 bits per heavy atom. The number of carbonyl (C=O) groups excluding carboxylic acids is 3. The maximum atomic E-state index is 12.0. The summed E-state index contributed by atoms with van der Waals surface area (Å²) < 4.78 is 17.1. The zero-order chi connectivity index (χ0) is 48.2. The lowest BCUT2D eigenvalue weighted by atomic mass is 10.1. The van der Waals surface area contributed by atoms with Crippen molar-refractivity contribution >= 4 is 75.4 Å². The van der Waals surface area contributed by atoms with Gasteiger partial charge in [0.1, 0.15) is 5.15 Å². The highest BCUT2D eigenvalue weighted by atomic mass is 35.5. The van der Waals surface area contributed by atoms with Gasteiger partial charge in [-0.1, -0.05) is 83.4 Å². The number of ether oxygens (including phenoxy) is 3. The van der Waals surface area contributed by atoms with E-state index in [0.717, 1.165) is 85.2 Å². The fraction of sp³-hybridized carbons (Fsp3) is 0.255. The summed E-state index contributed by atoms with van der Waals surface area (Å²) in [6.07, 6.45) is 1.71. The number of urea groups is 3. The second-order valence-corrected chi connectivity index (χ2v) is 16.9. The number of aryl methyl sites for hydroxylation is 1. The number of rotatable bonds is 9. The molecular weight excluding hydrogens is 920 g/mol. The molecule has 3 saturated heterocycles. The fourth-order valence-electron chi connectivity index (χ4n) is 7.22. The molecule has 360 valence electrons. The molecule has 0 saturated carbocycles. The molecule has 3 aliphatic rings. The molecule has 3 atom stereocenters. The first-order chi connectivity index (χ1) is 33.6. The second kappa shape index (κ2) is 26.2. The van der Waals surface area contributed by atoms with Crippen molar-refractivity contribution in [1.29, 1.82) is 0 Å². The number of amides is 6. The Kier molecular flexibility index (Phi) is 19.1.